The quantitative estimate of drug-likeness (QED) is 0.777. The molecule has 0 heterocycles. The lowest BCUT2D eigenvalue weighted by atomic mass is 9.93. The van der Waals surface area contributed by atoms with E-state index in [2.05, 4.69) is 43.3 Å². The maximum Gasteiger partial charge on any atom is 0.120 e. The normalized spacial score (nSPS) is 13.1. The van der Waals surface area contributed by atoms with Crippen molar-refractivity contribution in [2.75, 3.05) is 0 Å². The van der Waals surface area contributed by atoms with Crippen molar-refractivity contribution in [2.45, 2.75) is 26.4 Å². The van der Waals surface area contributed by atoms with E-state index >= 15 is 0 Å². The summed E-state index contributed by atoms with van der Waals surface area (Å²) in [4.78, 5) is 0. The predicted molar refractivity (Wildman–Crippen MR) is 79.3 cm³/mol. The average molecular weight is 250 g/mol. The molecule has 1 heteroatoms. The van der Waals surface area contributed by atoms with Gasteiger partial charge in [-0.05, 0) is 54.2 Å². The van der Waals surface area contributed by atoms with E-state index in [-0.39, 0.29) is 0 Å². The molecule has 0 N–H and O–H groups in total. The van der Waals surface area contributed by atoms with Crippen LogP contribution >= 0.6 is 0 Å². The minimum atomic E-state index is 0.628. The fourth-order valence-corrected chi connectivity index (χ4v) is 2.56. The molecule has 0 saturated carbocycles. The summed E-state index contributed by atoms with van der Waals surface area (Å²) in [6.45, 7) is 2.80. The molecule has 0 fully saturated rings. The molecule has 2 aromatic rings. The highest BCUT2D eigenvalue weighted by molar-refractivity contribution is 5.60. The molecule has 0 unspecified atom stereocenters. The van der Waals surface area contributed by atoms with E-state index < -0.39 is 0 Å². The zero-order valence-electron chi connectivity index (χ0n) is 11.2. The minimum absolute atomic E-state index is 0.628. The number of benzene rings is 2. The molecular formula is C18H18O. The van der Waals surface area contributed by atoms with E-state index in [1.165, 1.54) is 22.3 Å². The smallest absolute Gasteiger partial charge is 0.120 e. The van der Waals surface area contributed by atoms with Crippen molar-refractivity contribution < 1.29 is 4.74 Å². The number of aryl methyl sites for hydroxylation is 1. The van der Waals surface area contributed by atoms with E-state index in [9.17, 15) is 0 Å². The Labute approximate surface area is 114 Å². The zero-order valence-corrected chi connectivity index (χ0v) is 11.2. The zero-order chi connectivity index (χ0) is 13.1. The van der Waals surface area contributed by atoms with Crippen LogP contribution in [-0.4, -0.2) is 0 Å². The van der Waals surface area contributed by atoms with Gasteiger partial charge in [0.05, 0.1) is 0 Å². The molecule has 0 aromatic heterocycles. The van der Waals surface area contributed by atoms with Gasteiger partial charge in [0.25, 0.3) is 0 Å². The number of rotatable bonds is 3. The van der Waals surface area contributed by atoms with Crippen molar-refractivity contribution >= 4 is 6.08 Å². The Hall–Kier alpha value is -2.02. The van der Waals surface area contributed by atoms with Crippen molar-refractivity contribution in [3.05, 3.63) is 70.8 Å². The van der Waals surface area contributed by atoms with Gasteiger partial charge < -0.3 is 4.74 Å². The first-order chi connectivity index (χ1) is 9.33. The summed E-state index contributed by atoms with van der Waals surface area (Å²) in [5.41, 5.74) is 5.32. The summed E-state index contributed by atoms with van der Waals surface area (Å²) in [5, 5.41) is 0. The van der Waals surface area contributed by atoms with Crippen molar-refractivity contribution in [3.8, 4) is 5.75 Å². The van der Waals surface area contributed by atoms with Gasteiger partial charge in [0.15, 0.2) is 0 Å². The number of allylic oxidation sites excluding steroid dienone is 1. The second-order valence-electron chi connectivity index (χ2n) is 5.02. The monoisotopic (exact) mass is 250 g/mol. The molecule has 1 nitrogen and oxygen atoms in total. The van der Waals surface area contributed by atoms with Gasteiger partial charge in [-0.1, -0.05) is 42.5 Å². The number of hydrogen-bond acceptors (Lipinski definition) is 1. The van der Waals surface area contributed by atoms with E-state index in [4.69, 9.17) is 4.74 Å². The highest BCUT2D eigenvalue weighted by Crippen LogP contribution is 2.28. The van der Waals surface area contributed by atoms with Gasteiger partial charge in [-0.2, -0.15) is 0 Å². The van der Waals surface area contributed by atoms with Crippen LogP contribution in [-0.2, 0) is 13.0 Å². The summed E-state index contributed by atoms with van der Waals surface area (Å²) in [5.74, 6) is 0.964. The van der Waals surface area contributed by atoms with Crippen LogP contribution in [0.5, 0.6) is 5.75 Å². The van der Waals surface area contributed by atoms with E-state index in [0.717, 1.165) is 18.6 Å². The lowest BCUT2D eigenvalue weighted by Crippen LogP contribution is -2.01. The largest absolute Gasteiger partial charge is 0.489 e. The molecule has 2 aromatic carbocycles. The first-order valence-electron chi connectivity index (χ1n) is 6.80. The van der Waals surface area contributed by atoms with E-state index in [0.29, 0.717) is 6.61 Å². The predicted octanol–water partition coefficient (Wildman–Crippen LogP) is 4.53. The highest BCUT2D eigenvalue weighted by atomic mass is 16.5. The fourth-order valence-electron chi connectivity index (χ4n) is 2.56. The van der Waals surface area contributed by atoms with Crippen molar-refractivity contribution in [2.24, 2.45) is 0 Å². The molecular weight excluding hydrogens is 232 g/mol. The Bertz CT molecular complexity index is 597. The lowest BCUT2D eigenvalue weighted by Gasteiger charge is -2.16. The van der Waals surface area contributed by atoms with Crippen molar-refractivity contribution in [1.82, 2.24) is 0 Å². The lowest BCUT2D eigenvalue weighted by molar-refractivity contribution is 0.306. The third-order valence-electron chi connectivity index (χ3n) is 3.59. The van der Waals surface area contributed by atoms with Gasteiger partial charge in [0.1, 0.15) is 12.4 Å². The topological polar surface area (TPSA) is 9.23 Å². The van der Waals surface area contributed by atoms with Crippen LogP contribution in [0.2, 0.25) is 0 Å². The van der Waals surface area contributed by atoms with Gasteiger partial charge in [-0.3, -0.25) is 0 Å². The van der Waals surface area contributed by atoms with Crippen LogP contribution in [0.4, 0.5) is 0 Å². The molecule has 1 aliphatic rings. The van der Waals surface area contributed by atoms with Gasteiger partial charge >= 0.3 is 0 Å². The van der Waals surface area contributed by atoms with Crippen LogP contribution < -0.4 is 4.74 Å². The SMILES string of the molecule is Cc1cc(OCc2ccccc2)cc2c1CCC=C2. The summed E-state index contributed by atoms with van der Waals surface area (Å²) in [6, 6.07) is 14.6. The van der Waals surface area contributed by atoms with Crippen LogP contribution in [0.1, 0.15) is 28.7 Å². The number of fused-ring (bicyclic) bond motifs is 1. The summed E-state index contributed by atoms with van der Waals surface area (Å²) in [7, 11) is 0. The number of ether oxygens (including phenoxy) is 1. The molecule has 0 bridgehead atoms. The molecule has 0 saturated heterocycles. The molecule has 0 aliphatic heterocycles. The van der Waals surface area contributed by atoms with Gasteiger partial charge in [0, 0.05) is 0 Å². The second kappa shape index (κ2) is 5.31. The van der Waals surface area contributed by atoms with Crippen molar-refractivity contribution in [1.29, 1.82) is 0 Å². The van der Waals surface area contributed by atoms with Crippen molar-refractivity contribution in [3.63, 3.8) is 0 Å². The summed E-state index contributed by atoms with van der Waals surface area (Å²) >= 11 is 0. The molecule has 0 amide bonds. The molecule has 0 radical (unpaired) electrons. The fraction of sp³-hybridized carbons (Fsp3) is 0.222. The first kappa shape index (κ1) is 12.0. The molecule has 1 aliphatic carbocycles. The second-order valence-corrected chi connectivity index (χ2v) is 5.02. The third-order valence-corrected chi connectivity index (χ3v) is 3.59. The number of hydrogen-bond donors (Lipinski definition) is 0. The summed E-state index contributed by atoms with van der Waals surface area (Å²) < 4.78 is 5.91. The average Bonchev–Trinajstić information content (AvgIpc) is 2.46. The van der Waals surface area contributed by atoms with Gasteiger partial charge in [0.2, 0.25) is 0 Å². The Morgan fingerprint density at radius 2 is 1.95 bits per heavy atom. The summed E-state index contributed by atoms with van der Waals surface area (Å²) in [6.07, 6.45) is 6.75. The molecule has 3 rings (SSSR count). The van der Waals surface area contributed by atoms with Crippen LogP contribution in [0, 0.1) is 6.92 Å². The van der Waals surface area contributed by atoms with Crippen LogP contribution in [0.15, 0.2) is 48.5 Å². The third kappa shape index (κ3) is 2.70. The Kier molecular flexibility index (Phi) is 3.37. The first-order valence-corrected chi connectivity index (χ1v) is 6.80. The Balaban J connectivity index is 1.79. The van der Waals surface area contributed by atoms with E-state index in [1.807, 2.05) is 18.2 Å². The van der Waals surface area contributed by atoms with Gasteiger partial charge in [-0.25, -0.2) is 0 Å². The standard InChI is InChI=1S/C18H18O/c1-14-11-17(12-16-9-5-6-10-18(14)16)19-13-15-7-3-2-4-8-15/h2-5,7-9,11-12H,6,10,13H2,1H3. The maximum absolute atomic E-state index is 5.91. The van der Waals surface area contributed by atoms with Gasteiger partial charge in [-0.15, -0.1) is 0 Å². The highest BCUT2D eigenvalue weighted by Gasteiger charge is 2.09. The Morgan fingerprint density at radius 3 is 2.79 bits per heavy atom. The van der Waals surface area contributed by atoms with E-state index in [1.54, 1.807) is 0 Å². The van der Waals surface area contributed by atoms with Crippen LogP contribution in [0.3, 0.4) is 0 Å². The molecule has 0 atom stereocenters. The molecule has 19 heavy (non-hydrogen) atoms. The minimum Gasteiger partial charge on any atom is -0.489 e. The molecule has 0 spiro atoms. The Morgan fingerprint density at radius 1 is 1.11 bits per heavy atom. The van der Waals surface area contributed by atoms with Crippen LogP contribution in [0.25, 0.3) is 6.08 Å². The maximum atomic E-state index is 5.91. The molecule has 96 valence electrons.